The van der Waals surface area contributed by atoms with E-state index in [0.29, 0.717) is 6.54 Å². The molecule has 0 aliphatic rings. The topological polar surface area (TPSA) is 75.4 Å². The average Bonchev–Trinajstić information content (AvgIpc) is 1.99. The highest BCUT2D eigenvalue weighted by Crippen LogP contribution is 2.02. The first-order valence-electron chi connectivity index (χ1n) is 4.21. The smallest absolute Gasteiger partial charge is 0.279 e. The maximum atomic E-state index is 11.4. The Morgan fingerprint density at radius 3 is 2.08 bits per heavy atom. The Bertz CT molecular complexity index is 236. The van der Waals surface area contributed by atoms with Crippen molar-refractivity contribution in [2.24, 2.45) is 11.7 Å². The molecule has 0 aliphatic carbocycles. The van der Waals surface area contributed by atoms with Crippen LogP contribution in [0, 0.1) is 5.92 Å². The van der Waals surface area contributed by atoms with Gasteiger partial charge < -0.3 is 5.73 Å². The molecule has 6 heteroatoms. The first-order chi connectivity index (χ1) is 5.81. The van der Waals surface area contributed by atoms with Gasteiger partial charge in [-0.05, 0) is 5.92 Å². The quantitative estimate of drug-likeness (QED) is 0.633. The van der Waals surface area contributed by atoms with Gasteiger partial charge in [0.15, 0.2) is 0 Å². The second-order valence-electron chi connectivity index (χ2n) is 3.49. The molecule has 0 radical (unpaired) electrons. The highest BCUT2D eigenvalue weighted by Gasteiger charge is 2.20. The van der Waals surface area contributed by atoms with Crippen molar-refractivity contribution in [1.29, 1.82) is 0 Å². The van der Waals surface area contributed by atoms with Crippen LogP contribution < -0.4 is 10.5 Å². The molecule has 0 fully saturated rings. The second-order valence-corrected chi connectivity index (χ2v) is 5.41. The number of hydrogen-bond donors (Lipinski definition) is 2. The van der Waals surface area contributed by atoms with Crippen LogP contribution in [-0.2, 0) is 10.2 Å². The molecule has 0 aliphatic heterocycles. The summed E-state index contributed by atoms with van der Waals surface area (Å²) in [4.78, 5) is 0. The number of nitrogens with zero attached hydrogens (tertiary/aromatic N) is 1. The zero-order valence-corrected chi connectivity index (χ0v) is 9.43. The van der Waals surface area contributed by atoms with Crippen LogP contribution in [0.15, 0.2) is 0 Å². The van der Waals surface area contributed by atoms with Crippen LogP contribution in [0.5, 0.6) is 0 Å². The summed E-state index contributed by atoms with van der Waals surface area (Å²) in [7, 11) is -0.386. The van der Waals surface area contributed by atoms with E-state index in [1.54, 1.807) is 0 Å². The fourth-order valence-corrected chi connectivity index (χ4v) is 1.71. The van der Waals surface area contributed by atoms with Crippen LogP contribution >= 0.6 is 0 Å². The van der Waals surface area contributed by atoms with Crippen molar-refractivity contribution in [2.75, 3.05) is 20.6 Å². The number of nitrogens with one attached hydrogen (secondary N) is 1. The van der Waals surface area contributed by atoms with Crippen LogP contribution in [0.1, 0.15) is 13.8 Å². The maximum absolute atomic E-state index is 11.4. The molecule has 3 N–H and O–H groups in total. The van der Waals surface area contributed by atoms with Crippen molar-refractivity contribution < 1.29 is 8.42 Å². The largest absolute Gasteiger partial charge is 0.329 e. The molecule has 0 aromatic carbocycles. The first kappa shape index (κ1) is 12.8. The Hall–Kier alpha value is -0.170. The van der Waals surface area contributed by atoms with E-state index in [9.17, 15) is 8.42 Å². The summed E-state index contributed by atoms with van der Waals surface area (Å²) >= 11 is 0. The third-order valence-corrected chi connectivity index (χ3v) is 3.40. The number of nitrogens with two attached hydrogens (primary N) is 1. The molecule has 0 aromatic heterocycles. The SMILES string of the molecule is CC(C)C(CN)NS(=O)(=O)N(C)C. The standard InChI is InChI=1S/C7H19N3O2S/c1-6(2)7(5-8)9-13(11,12)10(3)4/h6-7,9H,5,8H2,1-4H3. The minimum atomic E-state index is -3.35. The Morgan fingerprint density at radius 2 is 1.85 bits per heavy atom. The molecule has 13 heavy (non-hydrogen) atoms. The predicted molar refractivity (Wildman–Crippen MR) is 53.4 cm³/mol. The van der Waals surface area contributed by atoms with Crippen molar-refractivity contribution in [3.63, 3.8) is 0 Å². The first-order valence-corrected chi connectivity index (χ1v) is 5.65. The monoisotopic (exact) mass is 209 g/mol. The van der Waals surface area contributed by atoms with Gasteiger partial charge >= 0.3 is 0 Å². The molecule has 0 aromatic rings. The second kappa shape index (κ2) is 4.90. The van der Waals surface area contributed by atoms with Gasteiger partial charge in [-0.1, -0.05) is 13.8 Å². The molecule has 1 unspecified atom stereocenters. The molecule has 1 atom stereocenters. The minimum Gasteiger partial charge on any atom is -0.329 e. The van der Waals surface area contributed by atoms with E-state index in [1.807, 2.05) is 13.8 Å². The average molecular weight is 209 g/mol. The van der Waals surface area contributed by atoms with E-state index in [2.05, 4.69) is 4.72 Å². The van der Waals surface area contributed by atoms with Gasteiger partial charge in [-0.15, -0.1) is 0 Å². The van der Waals surface area contributed by atoms with Gasteiger partial charge in [0, 0.05) is 26.7 Å². The van der Waals surface area contributed by atoms with Gasteiger partial charge in [-0.2, -0.15) is 17.4 Å². The lowest BCUT2D eigenvalue weighted by atomic mass is 10.1. The van der Waals surface area contributed by atoms with Gasteiger partial charge in [-0.25, -0.2) is 0 Å². The van der Waals surface area contributed by atoms with Crippen LogP contribution in [0.25, 0.3) is 0 Å². The molecule has 5 nitrogen and oxygen atoms in total. The fraction of sp³-hybridized carbons (Fsp3) is 1.00. The van der Waals surface area contributed by atoms with Crippen molar-refractivity contribution in [3.8, 4) is 0 Å². The number of hydrogen-bond acceptors (Lipinski definition) is 3. The molecule has 0 rings (SSSR count). The van der Waals surface area contributed by atoms with Gasteiger partial charge in [0.1, 0.15) is 0 Å². The fourth-order valence-electron chi connectivity index (χ4n) is 0.753. The summed E-state index contributed by atoms with van der Waals surface area (Å²) in [5.74, 6) is 0.194. The van der Waals surface area contributed by atoms with Crippen LogP contribution in [0.2, 0.25) is 0 Å². The normalized spacial score (nSPS) is 15.3. The molecule has 0 spiro atoms. The van der Waals surface area contributed by atoms with Gasteiger partial charge in [0.2, 0.25) is 0 Å². The van der Waals surface area contributed by atoms with E-state index < -0.39 is 10.2 Å². The summed E-state index contributed by atoms with van der Waals surface area (Å²) in [6.07, 6.45) is 0. The summed E-state index contributed by atoms with van der Waals surface area (Å²) in [5, 5.41) is 0. The lowest BCUT2D eigenvalue weighted by Gasteiger charge is -2.22. The summed E-state index contributed by atoms with van der Waals surface area (Å²) in [6, 6.07) is -0.201. The Morgan fingerprint density at radius 1 is 1.38 bits per heavy atom. The van der Waals surface area contributed by atoms with Crippen molar-refractivity contribution in [2.45, 2.75) is 19.9 Å². The van der Waals surface area contributed by atoms with Gasteiger partial charge in [-0.3, -0.25) is 0 Å². The summed E-state index contributed by atoms with van der Waals surface area (Å²) in [5.41, 5.74) is 5.44. The van der Waals surface area contributed by atoms with E-state index in [0.717, 1.165) is 4.31 Å². The van der Waals surface area contributed by atoms with Crippen molar-refractivity contribution in [3.05, 3.63) is 0 Å². The van der Waals surface area contributed by atoms with E-state index >= 15 is 0 Å². The van der Waals surface area contributed by atoms with Crippen molar-refractivity contribution >= 4 is 10.2 Å². The van der Waals surface area contributed by atoms with E-state index in [4.69, 9.17) is 5.73 Å². The van der Waals surface area contributed by atoms with Crippen LogP contribution in [0.4, 0.5) is 0 Å². The molecule has 0 bridgehead atoms. The zero-order chi connectivity index (χ0) is 10.6. The van der Waals surface area contributed by atoms with Crippen LogP contribution in [0.3, 0.4) is 0 Å². The van der Waals surface area contributed by atoms with E-state index in [-0.39, 0.29) is 12.0 Å². The zero-order valence-electron chi connectivity index (χ0n) is 8.61. The lowest BCUT2D eigenvalue weighted by molar-refractivity contribution is 0.432. The van der Waals surface area contributed by atoms with Crippen molar-refractivity contribution in [1.82, 2.24) is 9.03 Å². The van der Waals surface area contributed by atoms with E-state index in [1.165, 1.54) is 14.1 Å². The molecular formula is C7H19N3O2S. The minimum absolute atomic E-state index is 0.194. The molecule has 0 heterocycles. The highest BCUT2D eigenvalue weighted by atomic mass is 32.2. The number of rotatable bonds is 5. The summed E-state index contributed by atoms with van der Waals surface area (Å²) in [6.45, 7) is 4.16. The molecule has 80 valence electrons. The predicted octanol–water partition coefficient (Wildman–Crippen LogP) is -0.634. The third kappa shape index (κ3) is 4.04. The molecule has 0 saturated carbocycles. The van der Waals surface area contributed by atoms with Gasteiger partial charge in [0.25, 0.3) is 10.2 Å². The molecular weight excluding hydrogens is 190 g/mol. The highest BCUT2D eigenvalue weighted by molar-refractivity contribution is 7.87. The maximum Gasteiger partial charge on any atom is 0.279 e. The Balaban J connectivity index is 4.41. The summed E-state index contributed by atoms with van der Waals surface area (Å²) < 4.78 is 26.4. The lowest BCUT2D eigenvalue weighted by Crippen LogP contribution is -2.47. The third-order valence-electron chi connectivity index (χ3n) is 1.84. The van der Waals surface area contributed by atoms with Gasteiger partial charge in [0.05, 0.1) is 0 Å². The Labute approximate surface area is 80.5 Å². The Kier molecular flexibility index (Phi) is 4.83. The molecule has 0 amide bonds. The molecule has 0 saturated heterocycles. The van der Waals surface area contributed by atoms with Crippen LogP contribution in [-0.4, -0.2) is 39.4 Å².